The summed E-state index contributed by atoms with van der Waals surface area (Å²) in [6.45, 7) is 1.18. The number of aliphatic hydroxyl groups is 1. The quantitative estimate of drug-likeness (QED) is 0.729. The van der Waals surface area contributed by atoms with Crippen molar-refractivity contribution in [3.05, 3.63) is 22.7 Å². The highest BCUT2D eigenvalue weighted by Gasteiger charge is 2.41. The lowest BCUT2D eigenvalue weighted by Gasteiger charge is -2.16. The van der Waals surface area contributed by atoms with Crippen LogP contribution in [-0.2, 0) is 0 Å². The van der Waals surface area contributed by atoms with Crippen molar-refractivity contribution in [3.8, 4) is 0 Å². The summed E-state index contributed by atoms with van der Waals surface area (Å²) in [4.78, 5) is 0. The van der Waals surface area contributed by atoms with Gasteiger partial charge in [-0.15, -0.1) is 0 Å². The highest BCUT2D eigenvalue weighted by atomic mass is 79.9. The average molecular weight is 285 g/mol. The molecule has 0 aromatic heterocycles. The minimum absolute atomic E-state index is 0.275. The highest BCUT2D eigenvalue weighted by Crippen LogP contribution is 2.48. The maximum Gasteiger partial charge on any atom is 0.0574 e. The van der Waals surface area contributed by atoms with Crippen LogP contribution in [0.5, 0.6) is 0 Å². The fourth-order valence-corrected chi connectivity index (χ4v) is 2.29. The van der Waals surface area contributed by atoms with Crippen molar-refractivity contribution >= 4 is 27.3 Å². The van der Waals surface area contributed by atoms with Gasteiger partial charge < -0.3 is 16.2 Å². The molecule has 4 N–H and O–H groups in total. The second-order valence-electron chi connectivity index (χ2n) is 4.56. The Morgan fingerprint density at radius 2 is 2.19 bits per heavy atom. The summed E-state index contributed by atoms with van der Waals surface area (Å²) >= 11 is 3.38. The van der Waals surface area contributed by atoms with Crippen molar-refractivity contribution in [2.24, 2.45) is 5.41 Å². The third-order valence-corrected chi connectivity index (χ3v) is 3.76. The van der Waals surface area contributed by atoms with Crippen molar-refractivity contribution in [3.63, 3.8) is 0 Å². The van der Waals surface area contributed by atoms with Gasteiger partial charge in [-0.1, -0.05) is 15.9 Å². The van der Waals surface area contributed by atoms with Gasteiger partial charge in [0.15, 0.2) is 0 Å². The molecule has 4 heteroatoms. The summed E-state index contributed by atoms with van der Waals surface area (Å²) in [7, 11) is 0. The molecular weight excluding hydrogens is 268 g/mol. The maximum absolute atomic E-state index is 8.97. The van der Waals surface area contributed by atoms with E-state index in [2.05, 4.69) is 21.2 Å². The lowest BCUT2D eigenvalue weighted by molar-refractivity contribution is 0.253. The smallest absolute Gasteiger partial charge is 0.0574 e. The number of halogens is 1. The Bertz CT molecular complexity index is 377. The van der Waals surface area contributed by atoms with E-state index in [4.69, 9.17) is 10.8 Å². The zero-order chi connectivity index (χ0) is 11.6. The first kappa shape index (κ1) is 11.7. The molecule has 1 fully saturated rings. The van der Waals surface area contributed by atoms with Crippen LogP contribution >= 0.6 is 15.9 Å². The van der Waals surface area contributed by atoms with E-state index in [-0.39, 0.29) is 6.61 Å². The topological polar surface area (TPSA) is 58.3 Å². The SMILES string of the molecule is Nc1cc(Br)ccc1NCC1(CCO)CC1. The molecule has 0 amide bonds. The van der Waals surface area contributed by atoms with Gasteiger partial charge in [0.2, 0.25) is 0 Å². The van der Waals surface area contributed by atoms with Gasteiger partial charge >= 0.3 is 0 Å². The summed E-state index contributed by atoms with van der Waals surface area (Å²) < 4.78 is 0.993. The van der Waals surface area contributed by atoms with E-state index < -0.39 is 0 Å². The van der Waals surface area contributed by atoms with Crippen LogP contribution in [-0.4, -0.2) is 18.3 Å². The normalized spacial score (nSPS) is 17.1. The van der Waals surface area contributed by atoms with Crippen LogP contribution in [0.15, 0.2) is 22.7 Å². The molecule has 1 aromatic carbocycles. The largest absolute Gasteiger partial charge is 0.397 e. The van der Waals surface area contributed by atoms with E-state index in [1.807, 2.05) is 18.2 Å². The fourth-order valence-electron chi connectivity index (χ4n) is 1.91. The lowest BCUT2D eigenvalue weighted by atomic mass is 10.0. The van der Waals surface area contributed by atoms with Crippen LogP contribution in [0, 0.1) is 5.41 Å². The van der Waals surface area contributed by atoms with Gasteiger partial charge in [0.25, 0.3) is 0 Å². The zero-order valence-electron chi connectivity index (χ0n) is 9.17. The summed E-state index contributed by atoms with van der Waals surface area (Å²) in [6, 6.07) is 5.85. The van der Waals surface area contributed by atoms with Gasteiger partial charge in [0, 0.05) is 17.6 Å². The first-order valence-electron chi connectivity index (χ1n) is 5.55. The molecular formula is C12H17BrN2O. The summed E-state index contributed by atoms with van der Waals surface area (Å²) in [5.74, 6) is 0. The average Bonchev–Trinajstić information content (AvgIpc) is 2.98. The molecule has 0 heterocycles. The molecule has 0 bridgehead atoms. The van der Waals surface area contributed by atoms with Crippen molar-refractivity contribution in [2.45, 2.75) is 19.3 Å². The molecule has 1 aliphatic rings. The first-order chi connectivity index (χ1) is 7.65. The molecule has 0 radical (unpaired) electrons. The Labute approximate surface area is 104 Å². The number of hydrogen-bond acceptors (Lipinski definition) is 3. The first-order valence-corrected chi connectivity index (χ1v) is 6.34. The van der Waals surface area contributed by atoms with Crippen molar-refractivity contribution in [1.82, 2.24) is 0 Å². The molecule has 0 unspecified atom stereocenters. The predicted octanol–water partition coefficient (Wildman–Crippen LogP) is 2.61. The van der Waals surface area contributed by atoms with E-state index in [9.17, 15) is 0 Å². The van der Waals surface area contributed by atoms with Gasteiger partial charge in [-0.05, 0) is 42.9 Å². The third kappa shape index (κ3) is 2.68. The van der Waals surface area contributed by atoms with Crippen LogP contribution in [0.4, 0.5) is 11.4 Å². The van der Waals surface area contributed by atoms with Crippen LogP contribution in [0.3, 0.4) is 0 Å². The highest BCUT2D eigenvalue weighted by molar-refractivity contribution is 9.10. The summed E-state index contributed by atoms with van der Waals surface area (Å²) in [6.07, 6.45) is 3.30. The molecule has 0 spiro atoms. The van der Waals surface area contributed by atoms with Crippen molar-refractivity contribution in [2.75, 3.05) is 24.2 Å². The molecule has 0 atom stereocenters. The Balaban J connectivity index is 1.94. The molecule has 88 valence electrons. The number of anilines is 2. The molecule has 3 nitrogen and oxygen atoms in total. The maximum atomic E-state index is 8.97. The molecule has 1 saturated carbocycles. The van der Waals surface area contributed by atoms with Gasteiger partial charge in [-0.3, -0.25) is 0 Å². The van der Waals surface area contributed by atoms with E-state index in [0.29, 0.717) is 5.41 Å². The monoisotopic (exact) mass is 284 g/mol. The van der Waals surface area contributed by atoms with Crippen LogP contribution in [0.2, 0.25) is 0 Å². The Hall–Kier alpha value is -0.740. The van der Waals surface area contributed by atoms with Gasteiger partial charge in [0.05, 0.1) is 11.4 Å². The van der Waals surface area contributed by atoms with Gasteiger partial charge in [-0.2, -0.15) is 0 Å². The molecule has 0 saturated heterocycles. The Morgan fingerprint density at radius 1 is 1.44 bits per heavy atom. The number of aliphatic hydroxyl groups excluding tert-OH is 1. The number of benzene rings is 1. The minimum atomic E-state index is 0.275. The Morgan fingerprint density at radius 3 is 2.75 bits per heavy atom. The molecule has 1 aliphatic carbocycles. The van der Waals surface area contributed by atoms with Crippen molar-refractivity contribution < 1.29 is 5.11 Å². The van der Waals surface area contributed by atoms with E-state index in [0.717, 1.165) is 28.8 Å². The second-order valence-corrected chi connectivity index (χ2v) is 5.47. The third-order valence-electron chi connectivity index (χ3n) is 3.27. The van der Waals surface area contributed by atoms with Gasteiger partial charge in [-0.25, -0.2) is 0 Å². The van der Waals surface area contributed by atoms with Gasteiger partial charge in [0.1, 0.15) is 0 Å². The summed E-state index contributed by atoms with van der Waals surface area (Å²) in [5, 5.41) is 12.3. The van der Waals surface area contributed by atoms with Crippen LogP contribution in [0.25, 0.3) is 0 Å². The second kappa shape index (κ2) is 4.63. The van der Waals surface area contributed by atoms with Crippen LogP contribution in [0.1, 0.15) is 19.3 Å². The molecule has 0 aliphatic heterocycles. The molecule has 1 aromatic rings. The Kier molecular flexibility index (Phi) is 3.40. The number of nitrogens with one attached hydrogen (secondary N) is 1. The summed E-state index contributed by atoms with van der Waals surface area (Å²) in [5.41, 5.74) is 7.95. The fraction of sp³-hybridized carbons (Fsp3) is 0.500. The standard InChI is InChI=1S/C12H17BrN2O/c13-9-1-2-11(10(14)7-9)15-8-12(3-4-12)5-6-16/h1-2,7,15-16H,3-6,8,14H2. The minimum Gasteiger partial charge on any atom is -0.397 e. The number of nitrogen functional groups attached to an aromatic ring is 1. The van der Waals surface area contributed by atoms with Crippen molar-refractivity contribution in [1.29, 1.82) is 0 Å². The zero-order valence-corrected chi connectivity index (χ0v) is 10.8. The molecule has 16 heavy (non-hydrogen) atoms. The molecule has 2 rings (SSSR count). The lowest BCUT2D eigenvalue weighted by Crippen LogP contribution is -2.17. The number of nitrogens with two attached hydrogens (primary N) is 1. The van der Waals surface area contributed by atoms with E-state index in [1.54, 1.807) is 0 Å². The van der Waals surface area contributed by atoms with E-state index in [1.165, 1.54) is 12.8 Å². The van der Waals surface area contributed by atoms with E-state index >= 15 is 0 Å². The van der Waals surface area contributed by atoms with Crippen LogP contribution < -0.4 is 11.1 Å². The number of hydrogen-bond donors (Lipinski definition) is 3. The number of rotatable bonds is 5. The predicted molar refractivity (Wildman–Crippen MR) is 70.4 cm³/mol.